The van der Waals surface area contributed by atoms with Gasteiger partial charge in [0.25, 0.3) is 0 Å². The molecule has 0 spiro atoms. The van der Waals surface area contributed by atoms with E-state index in [0.717, 1.165) is 11.3 Å². The van der Waals surface area contributed by atoms with E-state index < -0.39 is 11.8 Å². The van der Waals surface area contributed by atoms with Crippen LogP contribution in [0, 0.1) is 25.7 Å². The van der Waals surface area contributed by atoms with Gasteiger partial charge >= 0.3 is 0 Å². The van der Waals surface area contributed by atoms with Crippen molar-refractivity contribution in [2.75, 3.05) is 0 Å². The maximum Gasteiger partial charge on any atom is 0.171 e. The number of carbonyl (C=O) groups excluding carboxylic acids is 2. The van der Waals surface area contributed by atoms with Crippen LogP contribution in [0.1, 0.15) is 75.8 Å². The van der Waals surface area contributed by atoms with Crippen molar-refractivity contribution in [3.63, 3.8) is 0 Å². The third-order valence-corrected chi connectivity index (χ3v) is 7.09. The molecule has 1 fully saturated rings. The summed E-state index contributed by atoms with van der Waals surface area (Å²) >= 11 is 0. The normalized spacial score (nSPS) is 23.7. The zero-order valence-electron chi connectivity index (χ0n) is 18.2. The second-order valence-electron chi connectivity index (χ2n) is 9.02. The molecule has 0 amide bonds. The van der Waals surface area contributed by atoms with E-state index in [1.165, 1.54) is 43.5 Å². The Morgan fingerprint density at radius 3 is 2.35 bits per heavy atom. The number of rotatable bonds is 3. The third-order valence-electron chi connectivity index (χ3n) is 7.09. The molecule has 4 nitrogen and oxygen atoms in total. The molecule has 0 N–H and O–H groups in total. The number of hydrogen-bond acceptors (Lipinski definition) is 3. The smallest absolute Gasteiger partial charge is 0.171 e. The molecule has 0 bridgehead atoms. The summed E-state index contributed by atoms with van der Waals surface area (Å²) in [6.07, 6.45) is 13.9. The first-order valence-electron chi connectivity index (χ1n) is 11.3. The summed E-state index contributed by atoms with van der Waals surface area (Å²) < 4.78 is 2.47. The molecule has 5 rings (SSSR count). The van der Waals surface area contributed by atoms with Gasteiger partial charge in [0.1, 0.15) is 0 Å². The van der Waals surface area contributed by atoms with Crippen molar-refractivity contribution in [2.24, 2.45) is 16.8 Å². The molecule has 0 saturated heterocycles. The van der Waals surface area contributed by atoms with Crippen LogP contribution in [0.25, 0.3) is 0 Å². The van der Waals surface area contributed by atoms with Crippen molar-refractivity contribution in [3.8, 4) is 0 Å². The average molecular weight is 413 g/mol. The van der Waals surface area contributed by atoms with Crippen LogP contribution in [0.2, 0.25) is 0 Å². The van der Waals surface area contributed by atoms with Gasteiger partial charge in [-0.2, -0.15) is 0 Å². The molecule has 1 heterocycles. The zero-order valence-corrected chi connectivity index (χ0v) is 18.2. The van der Waals surface area contributed by atoms with Crippen LogP contribution in [-0.2, 0) is 0 Å². The van der Waals surface area contributed by atoms with E-state index >= 15 is 0 Å². The number of Topliss-reactive ketones (excluding diaryl/α,β-unsaturated/α-hetero) is 2. The van der Waals surface area contributed by atoms with Crippen LogP contribution < -0.4 is 0 Å². The van der Waals surface area contributed by atoms with Crippen molar-refractivity contribution >= 4 is 17.8 Å². The Morgan fingerprint density at radius 2 is 1.65 bits per heavy atom. The van der Waals surface area contributed by atoms with E-state index in [2.05, 4.69) is 24.5 Å². The van der Waals surface area contributed by atoms with Gasteiger partial charge in [-0.1, -0.05) is 49.6 Å². The molecule has 0 aliphatic heterocycles. The lowest BCUT2D eigenvalue weighted by atomic mass is 9.72. The van der Waals surface area contributed by atoms with Crippen LogP contribution in [0.3, 0.4) is 0 Å². The monoisotopic (exact) mass is 412 g/mol. The largest absolute Gasteiger partial charge is 0.345 e. The van der Waals surface area contributed by atoms with Crippen LogP contribution >= 0.6 is 0 Å². The summed E-state index contributed by atoms with van der Waals surface area (Å²) in [6.45, 7) is 4.34. The summed E-state index contributed by atoms with van der Waals surface area (Å²) in [4.78, 5) is 30.5. The number of carbonyl (C=O) groups is 2. The van der Waals surface area contributed by atoms with Crippen LogP contribution in [0.15, 0.2) is 59.2 Å². The summed E-state index contributed by atoms with van der Waals surface area (Å²) in [7, 11) is 0. The standard InChI is InChI=1S/C27H28N2O2/c1-17-14-19(18(2)29(17)21-8-4-3-5-9-21)16-28-20-12-13-24-25(15-20)27(31)23-11-7-6-10-22(23)26(24)30/h6-7,10-16,21,24-25H,3-5,8-9H2,1-2H3/t24-,25+/m0/s1. The molecule has 0 radical (unpaired) electrons. The molecule has 31 heavy (non-hydrogen) atoms. The highest BCUT2D eigenvalue weighted by molar-refractivity contribution is 6.17. The lowest BCUT2D eigenvalue weighted by Gasteiger charge is -2.29. The fourth-order valence-corrected chi connectivity index (χ4v) is 5.49. The molecule has 0 unspecified atom stereocenters. The van der Waals surface area contributed by atoms with E-state index in [9.17, 15) is 9.59 Å². The topological polar surface area (TPSA) is 51.4 Å². The molecule has 4 heteroatoms. The number of nitrogens with zero attached hydrogens (tertiary/aromatic N) is 2. The van der Waals surface area contributed by atoms with Crippen molar-refractivity contribution in [1.29, 1.82) is 0 Å². The molecule has 1 aromatic heterocycles. The Labute approximate surface area is 183 Å². The first kappa shape index (κ1) is 19.9. The minimum Gasteiger partial charge on any atom is -0.345 e. The Morgan fingerprint density at radius 1 is 0.968 bits per heavy atom. The van der Waals surface area contributed by atoms with Gasteiger partial charge in [-0.05, 0) is 44.9 Å². The van der Waals surface area contributed by atoms with Gasteiger partial charge in [0.2, 0.25) is 0 Å². The highest BCUT2D eigenvalue weighted by Crippen LogP contribution is 2.36. The van der Waals surface area contributed by atoms with Crippen LogP contribution in [0.4, 0.5) is 0 Å². The molecular formula is C27H28N2O2. The number of aryl methyl sites for hydroxylation is 1. The summed E-state index contributed by atoms with van der Waals surface area (Å²) in [6, 6.07) is 9.92. The van der Waals surface area contributed by atoms with E-state index in [0.29, 0.717) is 17.2 Å². The van der Waals surface area contributed by atoms with Crippen LogP contribution in [0.5, 0.6) is 0 Å². The molecule has 2 aromatic rings. The Hall–Kier alpha value is -3.01. The summed E-state index contributed by atoms with van der Waals surface area (Å²) in [5, 5.41) is 0. The van der Waals surface area contributed by atoms with Gasteiger partial charge in [0, 0.05) is 40.3 Å². The SMILES string of the molecule is Cc1cc(C=NC2=C[C@H]3C(=O)c4ccccc4C(=O)[C@H]3C=C2)c(C)n1C1CCCCC1. The van der Waals surface area contributed by atoms with E-state index in [4.69, 9.17) is 4.99 Å². The first-order chi connectivity index (χ1) is 15.0. The highest BCUT2D eigenvalue weighted by Gasteiger charge is 2.40. The maximum absolute atomic E-state index is 13.0. The molecule has 1 aromatic carbocycles. The summed E-state index contributed by atoms with van der Waals surface area (Å²) in [5.74, 6) is -0.855. The fourth-order valence-electron chi connectivity index (χ4n) is 5.49. The number of aliphatic imine (C=N–C) groups is 1. The zero-order chi connectivity index (χ0) is 21.5. The first-order valence-corrected chi connectivity index (χ1v) is 11.3. The highest BCUT2D eigenvalue weighted by atomic mass is 16.1. The van der Waals surface area contributed by atoms with E-state index in [-0.39, 0.29) is 11.6 Å². The van der Waals surface area contributed by atoms with Crippen molar-refractivity contribution in [2.45, 2.75) is 52.0 Å². The van der Waals surface area contributed by atoms with Gasteiger partial charge < -0.3 is 4.57 Å². The molecular weight excluding hydrogens is 384 g/mol. The van der Waals surface area contributed by atoms with Crippen LogP contribution in [-0.4, -0.2) is 22.3 Å². The quantitative estimate of drug-likeness (QED) is 0.599. The second kappa shape index (κ2) is 7.92. The van der Waals surface area contributed by atoms with Crippen molar-refractivity contribution < 1.29 is 9.59 Å². The fraction of sp³-hybridized carbons (Fsp3) is 0.370. The van der Waals surface area contributed by atoms with Crippen molar-refractivity contribution in [1.82, 2.24) is 4.57 Å². The molecule has 3 aliphatic rings. The Balaban J connectivity index is 1.41. The number of hydrogen-bond donors (Lipinski definition) is 0. The maximum atomic E-state index is 13.0. The van der Waals surface area contributed by atoms with Gasteiger partial charge in [0.15, 0.2) is 11.6 Å². The van der Waals surface area contributed by atoms with E-state index in [1.54, 1.807) is 12.1 Å². The lowest BCUT2D eigenvalue weighted by molar-refractivity contribution is 0.0801. The third kappa shape index (κ3) is 3.44. The number of allylic oxidation sites excluding steroid dienone is 3. The Kier molecular flexibility index (Phi) is 5.09. The predicted molar refractivity (Wildman–Crippen MR) is 123 cm³/mol. The van der Waals surface area contributed by atoms with E-state index in [1.807, 2.05) is 36.6 Å². The van der Waals surface area contributed by atoms with Gasteiger partial charge in [-0.15, -0.1) is 0 Å². The average Bonchev–Trinajstić information content (AvgIpc) is 3.09. The molecule has 158 valence electrons. The minimum atomic E-state index is -0.464. The van der Waals surface area contributed by atoms with Gasteiger partial charge in [-0.3, -0.25) is 14.6 Å². The molecule has 2 atom stereocenters. The van der Waals surface area contributed by atoms with Crippen molar-refractivity contribution in [3.05, 3.63) is 82.3 Å². The van der Waals surface area contributed by atoms with Gasteiger partial charge in [-0.25, -0.2) is 0 Å². The second-order valence-corrected chi connectivity index (χ2v) is 9.02. The summed E-state index contributed by atoms with van der Waals surface area (Å²) in [5.41, 5.74) is 5.46. The number of ketones is 2. The molecule has 3 aliphatic carbocycles. The molecule has 1 saturated carbocycles. The number of benzene rings is 1. The minimum absolute atomic E-state index is 0.00715. The Bertz CT molecular complexity index is 1140. The number of aromatic nitrogens is 1. The van der Waals surface area contributed by atoms with Gasteiger partial charge in [0.05, 0.1) is 17.5 Å². The predicted octanol–water partition coefficient (Wildman–Crippen LogP) is 5.79. The lowest BCUT2D eigenvalue weighted by Crippen LogP contribution is -2.35. The number of fused-ring (bicyclic) bond motifs is 2.